The maximum absolute atomic E-state index is 2.36. The van der Waals surface area contributed by atoms with Crippen LogP contribution >= 0.6 is 0 Å². The molecule has 0 spiro atoms. The summed E-state index contributed by atoms with van der Waals surface area (Å²) in [6.07, 6.45) is 0. The standard InChI is InChI=1S/C42H28/c1-2-12-29(13-3-1)32-16-10-17-33(26-32)34-18-11-19-35(28-34)41-37-20-6-8-22-39(37)42(40-23-9-7-21-38(40)41)36-25-24-30-14-4-5-15-31(30)27-36/h1-28H. The van der Waals surface area contributed by atoms with Crippen LogP contribution in [0.2, 0.25) is 0 Å². The Balaban J connectivity index is 1.35. The van der Waals surface area contributed by atoms with Crippen LogP contribution in [-0.4, -0.2) is 0 Å². The van der Waals surface area contributed by atoms with Gasteiger partial charge in [0, 0.05) is 0 Å². The van der Waals surface area contributed by atoms with E-state index in [1.807, 2.05) is 0 Å². The van der Waals surface area contributed by atoms with Gasteiger partial charge >= 0.3 is 0 Å². The molecule has 0 bridgehead atoms. The van der Waals surface area contributed by atoms with Gasteiger partial charge in [0.25, 0.3) is 0 Å². The van der Waals surface area contributed by atoms with E-state index in [0.29, 0.717) is 0 Å². The second-order valence-corrected chi connectivity index (χ2v) is 10.9. The Bertz CT molecular complexity index is 2180. The zero-order valence-corrected chi connectivity index (χ0v) is 23.2. The highest BCUT2D eigenvalue weighted by atomic mass is 14.2. The van der Waals surface area contributed by atoms with Crippen molar-refractivity contribution in [2.75, 3.05) is 0 Å². The summed E-state index contributed by atoms with van der Waals surface area (Å²) in [5.74, 6) is 0. The molecule has 0 heterocycles. The lowest BCUT2D eigenvalue weighted by atomic mass is 9.85. The Hall–Kier alpha value is -5.46. The van der Waals surface area contributed by atoms with Crippen LogP contribution in [0, 0.1) is 0 Å². The molecular weight excluding hydrogens is 504 g/mol. The minimum Gasteiger partial charge on any atom is -0.0622 e. The van der Waals surface area contributed by atoms with Crippen molar-refractivity contribution in [2.24, 2.45) is 0 Å². The van der Waals surface area contributed by atoms with Crippen LogP contribution in [0.15, 0.2) is 170 Å². The normalized spacial score (nSPS) is 11.3. The van der Waals surface area contributed by atoms with Crippen molar-refractivity contribution < 1.29 is 0 Å². The minimum absolute atomic E-state index is 1.22. The first-order valence-electron chi connectivity index (χ1n) is 14.5. The van der Waals surface area contributed by atoms with Gasteiger partial charge in [-0.05, 0) is 95.0 Å². The Morgan fingerprint density at radius 2 is 0.619 bits per heavy atom. The molecule has 0 radical (unpaired) electrons. The monoisotopic (exact) mass is 532 g/mol. The van der Waals surface area contributed by atoms with Crippen LogP contribution in [0.1, 0.15) is 0 Å². The lowest BCUT2D eigenvalue weighted by molar-refractivity contribution is 1.58. The van der Waals surface area contributed by atoms with Gasteiger partial charge in [-0.1, -0.05) is 152 Å². The van der Waals surface area contributed by atoms with Crippen LogP contribution in [0.5, 0.6) is 0 Å². The van der Waals surface area contributed by atoms with E-state index < -0.39 is 0 Å². The molecule has 0 aliphatic rings. The summed E-state index contributed by atoms with van der Waals surface area (Å²) >= 11 is 0. The molecule has 0 aromatic heterocycles. The molecule has 0 aliphatic carbocycles. The van der Waals surface area contributed by atoms with Crippen molar-refractivity contribution in [3.8, 4) is 44.5 Å². The number of rotatable bonds is 4. The molecule has 0 saturated carbocycles. The Morgan fingerprint density at radius 1 is 0.214 bits per heavy atom. The zero-order valence-electron chi connectivity index (χ0n) is 23.2. The van der Waals surface area contributed by atoms with E-state index in [2.05, 4.69) is 170 Å². The molecular formula is C42H28. The van der Waals surface area contributed by atoms with Gasteiger partial charge in [0.1, 0.15) is 0 Å². The van der Waals surface area contributed by atoms with Crippen LogP contribution in [0.3, 0.4) is 0 Å². The van der Waals surface area contributed by atoms with Crippen molar-refractivity contribution in [1.82, 2.24) is 0 Å². The van der Waals surface area contributed by atoms with Gasteiger partial charge in [-0.15, -0.1) is 0 Å². The van der Waals surface area contributed by atoms with Crippen molar-refractivity contribution in [2.45, 2.75) is 0 Å². The number of hydrogen-bond donors (Lipinski definition) is 0. The SMILES string of the molecule is c1ccc(-c2cccc(-c3cccc(-c4c5ccccc5c(-c5ccc6ccccc6c5)c5ccccc45)c3)c2)cc1. The average Bonchev–Trinajstić information content (AvgIpc) is 3.07. The van der Waals surface area contributed by atoms with E-state index >= 15 is 0 Å². The fraction of sp³-hybridized carbons (Fsp3) is 0. The molecule has 8 aromatic carbocycles. The zero-order chi connectivity index (χ0) is 27.9. The van der Waals surface area contributed by atoms with Crippen LogP contribution in [-0.2, 0) is 0 Å². The van der Waals surface area contributed by atoms with Gasteiger partial charge in [-0.3, -0.25) is 0 Å². The van der Waals surface area contributed by atoms with Gasteiger partial charge in [0.15, 0.2) is 0 Å². The third-order valence-corrected chi connectivity index (χ3v) is 8.42. The summed E-state index contributed by atoms with van der Waals surface area (Å²) in [6.45, 7) is 0. The predicted octanol–water partition coefficient (Wildman–Crippen LogP) is 11.8. The highest BCUT2D eigenvalue weighted by Gasteiger charge is 2.17. The van der Waals surface area contributed by atoms with E-state index in [-0.39, 0.29) is 0 Å². The summed E-state index contributed by atoms with van der Waals surface area (Å²) in [7, 11) is 0. The summed E-state index contributed by atoms with van der Waals surface area (Å²) in [4.78, 5) is 0. The molecule has 8 rings (SSSR count). The van der Waals surface area contributed by atoms with Crippen molar-refractivity contribution in [3.05, 3.63) is 170 Å². The summed E-state index contributed by atoms with van der Waals surface area (Å²) in [5.41, 5.74) is 9.96. The molecule has 0 N–H and O–H groups in total. The summed E-state index contributed by atoms with van der Waals surface area (Å²) in [6, 6.07) is 61.7. The third-order valence-electron chi connectivity index (χ3n) is 8.42. The summed E-state index contributed by atoms with van der Waals surface area (Å²) < 4.78 is 0. The largest absolute Gasteiger partial charge is 0.0622 e. The van der Waals surface area contributed by atoms with E-state index in [0.717, 1.165) is 0 Å². The predicted molar refractivity (Wildman–Crippen MR) is 181 cm³/mol. The lowest BCUT2D eigenvalue weighted by Crippen LogP contribution is -1.91. The quantitative estimate of drug-likeness (QED) is 0.198. The highest BCUT2D eigenvalue weighted by molar-refractivity contribution is 6.21. The topological polar surface area (TPSA) is 0 Å². The van der Waals surface area contributed by atoms with E-state index in [1.165, 1.54) is 76.8 Å². The van der Waals surface area contributed by atoms with Gasteiger partial charge in [-0.25, -0.2) is 0 Å². The molecule has 0 unspecified atom stereocenters. The maximum atomic E-state index is 2.36. The molecule has 8 aromatic rings. The first-order valence-corrected chi connectivity index (χ1v) is 14.5. The van der Waals surface area contributed by atoms with Gasteiger partial charge in [0.2, 0.25) is 0 Å². The number of fused-ring (bicyclic) bond motifs is 3. The van der Waals surface area contributed by atoms with Crippen LogP contribution < -0.4 is 0 Å². The van der Waals surface area contributed by atoms with Crippen LogP contribution in [0.25, 0.3) is 76.8 Å². The van der Waals surface area contributed by atoms with Gasteiger partial charge < -0.3 is 0 Å². The maximum Gasteiger partial charge on any atom is -0.00262 e. The molecule has 0 nitrogen and oxygen atoms in total. The van der Waals surface area contributed by atoms with Crippen molar-refractivity contribution in [3.63, 3.8) is 0 Å². The van der Waals surface area contributed by atoms with Gasteiger partial charge in [-0.2, -0.15) is 0 Å². The Labute approximate surface area is 246 Å². The molecule has 0 heteroatoms. The van der Waals surface area contributed by atoms with E-state index in [4.69, 9.17) is 0 Å². The minimum atomic E-state index is 1.22. The molecule has 0 aliphatic heterocycles. The lowest BCUT2D eigenvalue weighted by Gasteiger charge is -2.18. The first-order chi connectivity index (χ1) is 20.8. The molecule has 42 heavy (non-hydrogen) atoms. The second kappa shape index (κ2) is 10.2. The fourth-order valence-electron chi connectivity index (χ4n) is 6.46. The van der Waals surface area contributed by atoms with Crippen LogP contribution in [0.4, 0.5) is 0 Å². The smallest absolute Gasteiger partial charge is 0.00262 e. The Kier molecular flexibility index (Phi) is 5.90. The second-order valence-electron chi connectivity index (χ2n) is 10.9. The average molecular weight is 533 g/mol. The number of benzene rings is 8. The Morgan fingerprint density at radius 3 is 1.21 bits per heavy atom. The first kappa shape index (κ1) is 24.3. The summed E-state index contributed by atoms with van der Waals surface area (Å²) in [5, 5.41) is 7.62. The molecule has 0 atom stereocenters. The van der Waals surface area contributed by atoms with E-state index in [9.17, 15) is 0 Å². The number of hydrogen-bond acceptors (Lipinski definition) is 0. The van der Waals surface area contributed by atoms with Crippen molar-refractivity contribution in [1.29, 1.82) is 0 Å². The highest BCUT2D eigenvalue weighted by Crippen LogP contribution is 2.44. The fourth-order valence-corrected chi connectivity index (χ4v) is 6.46. The molecule has 0 fully saturated rings. The molecule has 0 saturated heterocycles. The molecule has 0 amide bonds. The van der Waals surface area contributed by atoms with Crippen molar-refractivity contribution >= 4 is 32.3 Å². The third kappa shape index (κ3) is 4.17. The molecule has 196 valence electrons. The van der Waals surface area contributed by atoms with Gasteiger partial charge in [0.05, 0.1) is 0 Å². The van der Waals surface area contributed by atoms with E-state index in [1.54, 1.807) is 0 Å².